The molecule has 0 saturated carbocycles. The van der Waals surface area contributed by atoms with E-state index in [1.165, 1.54) is 10.4 Å². The van der Waals surface area contributed by atoms with Crippen molar-refractivity contribution in [2.75, 3.05) is 6.54 Å². The Hall–Kier alpha value is -0.840. The lowest BCUT2D eigenvalue weighted by molar-refractivity contribution is 0.309. The van der Waals surface area contributed by atoms with Gasteiger partial charge in [-0.25, -0.2) is 0 Å². The molecule has 96 valence electrons. The minimum absolute atomic E-state index is 0.628. The zero-order valence-electron chi connectivity index (χ0n) is 10.3. The molecular formula is C14H16BrNOS. The van der Waals surface area contributed by atoms with Crippen LogP contribution in [-0.2, 0) is 13.2 Å². The summed E-state index contributed by atoms with van der Waals surface area (Å²) in [4.78, 5) is 1.22. The van der Waals surface area contributed by atoms with Crippen molar-refractivity contribution in [3.05, 3.63) is 50.6 Å². The first-order chi connectivity index (χ1) is 8.78. The second-order valence-electron chi connectivity index (χ2n) is 3.92. The maximum absolute atomic E-state index is 5.73. The summed E-state index contributed by atoms with van der Waals surface area (Å²) in [6, 6.07) is 12.4. The van der Waals surface area contributed by atoms with E-state index in [-0.39, 0.29) is 0 Å². The Bertz CT molecular complexity index is 481. The fourth-order valence-corrected chi connectivity index (χ4v) is 2.95. The SMILES string of the molecule is CCNCc1ccc(OCc2ccc(Br)s2)cc1. The molecule has 18 heavy (non-hydrogen) atoms. The Balaban J connectivity index is 1.86. The molecule has 0 spiro atoms. The molecule has 0 unspecified atom stereocenters. The predicted molar refractivity (Wildman–Crippen MR) is 80.2 cm³/mol. The van der Waals surface area contributed by atoms with Crippen molar-refractivity contribution in [3.8, 4) is 5.75 Å². The summed E-state index contributed by atoms with van der Waals surface area (Å²) in [5.74, 6) is 0.916. The molecule has 2 nitrogen and oxygen atoms in total. The quantitative estimate of drug-likeness (QED) is 0.859. The summed E-state index contributed by atoms with van der Waals surface area (Å²) in [5, 5.41) is 3.30. The van der Waals surface area contributed by atoms with Gasteiger partial charge in [0.25, 0.3) is 0 Å². The van der Waals surface area contributed by atoms with Gasteiger partial charge in [0.05, 0.1) is 3.79 Å². The molecule has 1 aromatic heterocycles. The smallest absolute Gasteiger partial charge is 0.122 e. The van der Waals surface area contributed by atoms with Crippen LogP contribution in [0, 0.1) is 0 Å². The van der Waals surface area contributed by atoms with Gasteiger partial charge < -0.3 is 10.1 Å². The van der Waals surface area contributed by atoms with E-state index >= 15 is 0 Å². The molecule has 1 aromatic carbocycles. The maximum Gasteiger partial charge on any atom is 0.122 e. The van der Waals surface area contributed by atoms with Crippen molar-refractivity contribution in [2.45, 2.75) is 20.1 Å². The van der Waals surface area contributed by atoms with Gasteiger partial charge in [-0.1, -0.05) is 19.1 Å². The highest BCUT2D eigenvalue weighted by molar-refractivity contribution is 9.11. The average molecular weight is 326 g/mol. The van der Waals surface area contributed by atoms with Crippen molar-refractivity contribution < 1.29 is 4.74 Å². The lowest BCUT2D eigenvalue weighted by Gasteiger charge is -2.06. The van der Waals surface area contributed by atoms with E-state index in [1.54, 1.807) is 11.3 Å². The van der Waals surface area contributed by atoms with Gasteiger partial charge in [-0.15, -0.1) is 11.3 Å². The van der Waals surface area contributed by atoms with E-state index in [1.807, 2.05) is 18.2 Å². The minimum atomic E-state index is 0.628. The normalized spacial score (nSPS) is 10.6. The van der Waals surface area contributed by atoms with Crippen LogP contribution in [0.15, 0.2) is 40.2 Å². The molecule has 1 heterocycles. The molecule has 0 amide bonds. The van der Waals surface area contributed by atoms with E-state index in [0.717, 1.165) is 22.6 Å². The third-order valence-corrected chi connectivity index (χ3v) is 4.11. The van der Waals surface area contributed by atoms with E-state index in [9.17, 15) is 0 Å². The summed E-state index contributed by atoms with van der Waals surface area (Å²) >= 11 is 5.15. The van der Waals surface area contributed by atoms with Crippen LogP contribution in [0.5, 0.6) is 5.75 Å². The number of nitrogens with one attached hydrogen (secondary N) is 1. The molecule has 2 aromatic rings. The lowest BCUT2D eigenvalue weighted by Crippen LogP contribution is -2.11. The number of thiophene rings is 1. The number of rotatable bonds is 6. The Morgan fingerprint density at radius 1 is 1.17 bits per heavy atom. The summed E-state index contributed by atoms with van der Waals surface area (Å²) < 4.78 is 6.87. The third kappa shape index (κ3) is 4.12. The first kappa shape index (κ1) is 13.6. The van der Waals surface area contributed by atoms with Gasteiger partial charge in [-0.2, -0.15) is 0 Å². The molecule has 0 radical (unpaired) electrons. The number of halogens is 1. The van der Waals surface area contributed by atoms with Crippen LogP contribution >= 0.6 is 27.3 Å². The van der Waals surface area contributed by atoms with Crippen molar-refractivity contribution in [1.29, 1.82) is 0 Å². The Morgan fingerprint density at radius 2 is 1.94 bits per heavy atom. The first-order valence-corrected chi connectivity index (χ1v) is 7.55. The number of ether oxygens (including phenoxy) is 1. The van der Waals surface area contributed by atoms with Crippen molar-refractivity contribution in [2.24, 2.45) is 0 Å². The Labute approximate surface area is 120 Å². The highest BCUT2D eigenvalue weighted by Gasteiger charge is 1.99. The topological polar surface area (TPSA) is 21.3 Å². The zero-order valence-corrected chi connectivity index (χ0v) is 12.7. The molecular weight excluding hydrogens is 310 g/mol. The Morgan fingerprint density at radius 3 is 2.56 bits per heavy atom. The number of benzene rings is 1. The van der Waals surface area contributed by atoms with Gasteiger partial charge in [0, 0.05) is 11.4 Å². The summed E-state index contributed by atoms with van der Waals surface area (Å²) in [6.07, 6.45) is 0. The van der Waals surface area contributed by atoms with Crippen LogP contribution < -0.4 is 10.1 Å². The minimum Gasteiger partial charge on any atom is -0.488 e. The molecule has 0 bridgehead atoms. The van der Waals surface area contributed by atoms with Crippen LogP contribution in [0.4, 0.5) is 0 Å². The van der Waals surface area contributed by atoms with E-state index < -0.39 is 0 Å². The molecule has 2 rings (SSSR count). The van der Waals surface area contributed by atoms with Gasteiger partial charge in [0.1, 0.15) is 12.4 Å². The fraction of sp³-hybridized carbons (Fsp3) is 0.286. The fourth-order valence-electron chi connectivity index (χ4n) is 1.56. The summed E-state index contributed by atoms with van der Waals surface area (Å²) in [5.41, 5.74) is 1.28. The van der Waals surface area contributed by atoms with Gasteiger partial charge in [-0.3, -0.25) is 0 Å². The van der Waals surface area contributed by atoms with E-state index in [2.05, 4.69) is 46.4 Å². The van der Waals surface area contributed by atoms with Crippen LogP contribution in [-0.4, -0.2) is 6.54 Å². The molecule has 0 aliphatic rings. The van der Waals surface area contributed by atoms with Crippen LogP contribution in [0.2, 0.25) is 0 Å². The molecule has 0 aliphatic heterocycles. The van der Waals surface area contributed by atoms with Gasteiger partial charge in [0.2, 0.25) is 0 Å². The predicted octanol–water partition coefficient (Wildman–Crippen LogP) is 4.20. The van der Waals surface area contributed by atoms with Gasteiger partial charge in [-0.05, 0) is 52.3 Å². The van der Waals surface area contributed by atoms with Crippen LogP contribution in [0.1, 0.15) is 17.4 Å². The van der Waals surface area contributed by atoms with Crippen molar-refractivity contribution in [3.63, 3.8) is 0 Å². The average Bonchev–Trinajstić information content (AvgIpc) is 2.81. The van der Waals surface area contributed by atoms with Crippen LogP contribution in [0.3, 0.4) is 0 Å². The number of hydrogen-bond acceptors (Lipinski definition) is 3. The molecule has 1 N–H and O–H groups in total. The largest absolute Gasteiger partial charge is 0.488 e. The molecule has 4 heteroatoms. The maximum atomic E-state index is 5.73. The molecule has 0 saturated heterocycles. The van der Waals surface area contributed by atoms with E-state index in [0.29, 0.717) is 6.61 Å². The molecule has 0 fully saturated rings. The van der Waals surface area contributed by atoms with Crippen molar-refractivity contribution in [1.82, 2.24) is 5.32 Å². The summed E-state index contributed by atoms with van der Waals surface area (Å²) in [6.45, 7) is 4.64. The highest BCUT2D eigenvalue weighted by atomic mass is 79.9. The standard InChI is InChI=1S/C14H16BrNOS/c1-2-16-9-11-3-5-12(6-4-11)17-10-13-7-8-14(15)18-13/h3-8,16H,2,9-10H2,1H3. The monoisotopic (exact) mass is 325 g/mol. The third-order valence-electron chi connectivity index (χ3n) is 2.51. The Kier molecular flexibility index (Phi) is 5.23. The van der Waals surface area contributed by atoms with Crippen molar-refractivity contribution >= 4 is 27.3 Å². The first-order valence-electron chi connectivity index (χ1n) is 5.94. The van der Waals surface area contributed by atoms with Gasteiger partial charge >= 0.3 is 0 Å². The lowest BCUT2D eigenvalue weighted by atomic mass is 10.2. The van der Waals surface area contributed by atoms with Gasteiger partial charge in [0.15, 0.2) is 0 Å². The zero-order chi connectivity index (χ0) is 12.8. The summed E-state index contributed by atoms with van der Waals surface area (Å²) in [7, 11) is 0. The second-order valence-corrected chi connectivity index (χ2v) is 6.47. The highest BCUT2D eigenvalue weighted by Crippen LogP contribution is 2.23. The molecule has 0 aliphatic carbocycles. The van der Waals surface area contributed by atoms with Crippen LogP contribution in [0.25, 0.3) is 0 Å². The second kappa shape index (κ2) is 6.92. The number of hydrogen-bond donors (Lipinski definition) is 1. The molecule has 0 atom stereocenters. The van der Waals surface area contributed by atoms with E-state index in [4.69, 9.17) is 4.74 Å².